The van der Waals surface area contributed by atoms with E-state index in [1.54, 1.807) is 37.6 Å². The molecule has 0 spiro atoms. The molecule has 10 heteroatoms. The molecule has 3 heterocycles. The Balaban J connectivity index is 1.81. The second kappa shape index (κ2) is 8.49. The predicted molar refractivity (Wildman–Crippen MR) is 116 cm³/mol. The Morgan fingerprint density at radius 2 is 1.91 bits per heavy atom. The Hall–Kier alpha value is -4.23. The molecule has 10 nitrogen and oxygen atoms in total. The maximum absolute atomic E-state index is 9.30. The predicted octanol–water partition coefficient (Wildman–Crippen LogP) is 2.96. The minimum atomic E-state index is -0.779. The maximum atomic E-state index is 9.30. The summed E-state index contributed by atoms with van der Waals surface area (Å²) in [5.74, 6) is 1.25. The van der Waals surface area contributed by atoms with Gasteiger partial charge in [-0.2, -0.15) is 20.6 Å². The quantitative estimate of drug-likeness (QED) is 0.440. The summed E-state index contributed by atoms with van der Waals surface area (Å²) in [5.41, 5.74) is 10.9. The standard InChI is InChI=1S/C22H21N7O3/c1-11-10-25-27-12(2)20(11)22(24)32-18-7-15-16(8-17(18)30-3)28-29-21(15)13-5-14(9-23)26-19(6-13)31-4/h5-8,10,22H,24H2,1-4H3,(H,28,29)/t22-/m0/s1. The van der Waals surface area contributed by atoms with Crippen molar-refractivity contribution >= 4 is 10.9 Å². The van der Waals surface area contributed by atoms with Gasteiger partial charge in [-0.25, -0.2) is 4.98 Å². The summed E-state index contributed by atoms with van der Waals surface area (Å²) in [7, 11) is 3.04. The lowest BCUT2D eigenvalue weighted by Crippen LogP contribution is -2.21. The average molecular weight is 431 g/mol. The number of aromatic amines is 1. The van der Waals surface area contributed by atoms with E-state index in [0.29, 0.717) is 34.3 Å². The van der Waals surface area contributed by atoms with Gasteiger partial charge in [-0.15, -0.1) is 0 Å². The highest BCUT2D eigenvalue weighted by atomic mass is 16.5. The molecule has 0 fully saturated rings. The number of nitriles is 1. The molecule has 0 bridgehead atoms. The molecule has 32 heavy (non-hydrogen) atoms. The van der Waals surface area contributed by atoms with E-state index in [9.17, 15) is 5.26 Å². The van der Waals surface area contributed by atoms with Gasteiger partial charge in [0, 0.05) is 28.6 Å². The second-order valence-electron chi connectivity index (χ2n) is 7.08. The van der Waals surface area contributed by atoms with Crippen LogP contribution >= 0.6 is 0 Å². The largest absolute Gasteiger partial charge is 0.493 e. The van der Waals surface area contributed by atoms with Crippen molar-refractivity contribution < 1.29 is 14.2 Å². The number of nitrogens with zero attached hydrogens (tertiary/aromatic N) is 5. The third-order valence-electron chi connectivity index (χ3n) is 5.06. The zero-order valence-electron chi connectivity index (χ0n) is 18.0. The molecule has 0 aliphatic carbocycles. The number of H-pyrrole nitrogens is 1. The fourth-order valence-corrected chi connectivity index (χ4v) is 3.54. The first kappa shape index (κ1) is 21.0. The van der Waals surface area contributed by atoms with Crippen LogP contribution in [0.5, 0.6) is 17.4 Å². The molecule has 1 aromatic carbocycles. The number of aromatic nitrogens is 5. The van der Waals surface area contributed by atoms with Crippen LogP contribution in [0.15, 0.2) is 30.5 Å². The van der Waals surface area contributed by atoms with Crippen LogP contribution in [-0.4, -0.2) is 39.6 Å². The Kier molecular flexibility index (Phi) is 5.57. The van der Waals surface area contributed by atoms with Crippen molar-refractivity contribution in [3.05, 3.63) is 53.0 Å². The van der Waals surface area contributed by atoms with E-state index in [2.05, 4.69) is 25.4 Å². The minimum Gasteiger partial charge on any atom is -0.493 e. The van der Waals surface area contributed by atoms with Crippen LogP contribution in [-0.2, 0) is 0 Å². The fourth-order valence-electron chi connectivity index (χ4n) is 3.54. The van der Waals surface area contributed by atoms with Crippen molar-refractivity contribution in [2.45, 2.75) is 20.1 Å². The molecule has 4 aromatic rings. The van der Waals surface area contributed by atoms with Crippen LogP contribution < -0.4 is 19.9 Å². The SMILES string of the molecule is COc1cc(-c2n[nH]c3cc(OC)c(O[C@H](N)c4c(C)cnnc4C)cc23)cc(C#N)n1. The van der Waals surface area contributed by atoms with E-state index in [0.717, 1.165) is 22.0 Å². The number of fused-ring (bicyclic) bond motifs is 1. The number of nitrogens with one attached hydrogen (secondary N) is 1. The molecule has 1 atom stereocenters. The molecular weight excluding hydrogens is 410 g/mol. The number of benzene rings is 1. The van der Waals surface area contributed by atoms with Gasteiger partial charge in [-0.1, -0.05) is 0 Å². The molecular formula is C22H21N7O3. The van der Waals surface area contributed by atoms with Crippen molar-refractivity contribution in [1.29, 1.82) is 5.26 Å². The number of ether oxygens (including phenoxy) is 3. The molecule has 162 valence electrons. The van der Waals surface area contributed by atoms with Crippen LogP contribution in [0.2, 0.25) is 0 Å². The third-order valence-corrected chi connectivity index (χ3v) is 5.06. The highest BCUT2D eigenvalue weighted by Crippen LogP contribution is 2.38. The maximum Gasteiger partial charge on any atom is 0.214 e. The third kappa shape index (κ3) is 3.77. The Morgan fingerprint density at radius 3 is 2.59 bits per heavy atom. The van der Waals surface area contributed by atoms with E-state index in [4.69, 9.17) is 19.9 Å². The summed E-state index contributed by atoms with van der Waals surface area (Å²) >= 11 is 0. The molecule has 3 aromatic heterocycles. The molecule has 4 rings (SSSR count). The van der Waals surface area contributed by atoms with Crippen LogP contribution in [0.1, 0.15) is 28.7 Å². The number of aryl methyl sites for hydroxylation is 2. The number of nitrogens with two attached hydrogens (primary N) is 1. The number of methoxy groups -OCH3 is 2. The Bertz CT molecular complexity index is 1320. The molecule has 3 N–H and O–H groups in total. The molecule has 0 saturated carbocycles. The van der Waals surface area contributed by atoms with E-state index in [1.807, 2.05) is 19.9 Å². The molecule has 0 saturated heterocycles. The zero-order valence-corrected chi connectivity index (χ0v) is 18.0. The van der Waals surface area contributed by atoms with Gasteiger partial charge in [-0.05, 0) is 31.5 Å². The normalized spacial score (nSPS) is 11.8. The fraction of sp³-hybridized carbons (Fsp3) is 0.227. The summed E-state index contributed by atoms with van der Waals surface area (Å²) in [5, 5.41) is 25.5. The van der Waals surface area contributed by atoms with Gasteiger partial charge in [0.05, 0.1) is 31.6 Å². The summed E-state index contributed by atoms with van der Waals surface area (Å²) < 4.78 is 16.8. The van der Waals surface area contributed by atoms with Crippen molar-refractivity contribution in [2.24, 2.45) is 5.73 Å². The minimum absolute atomic E-state index is 0.221. The highest BCUT2D eigenvalue weighted by Gasteiger charge is 2.20. The van der Waals surface area contributed by atoms with Gasteiger partial charge in [0.2, 0.25) is 5.88 Å². The summed E-state index contributed by atoms with van der Waals surface area (Å²) in [6.07, 6.45) is 0.863. The van der Waals surface area contributed by atoms with Crippen molar-refractivity contribution in [3.63, 3.8) is 0 Å². The second-order valence-corrected chi connectivity index (χ2v) is 7.08. The number of rotatable bonds is 6. The van der Waals surface area contributed by atoms with E-state index in [1.165, 1.54) is 7.11 Å². The first-order valence-corrected chi connectivity index (χ1v) is 9.68. The van der Waals surface area contributed by atoms with Crippen LogP contribution in [0, 0.1) is 25.2 Å². The highest BCUT2D eigenvalue weighted by molar-refractivity contribution is 5.95. The van der Waals surface area contributed by atoms with Gasteiger partial charge in [0.1, 0.15) is 17.5 Å². The number of hydrogen-bond acceptors (Lipinski definition) is 9. The van der Waals surface area contributed by atoms with Crippen LogP contribution in [0.3, 0.4) is 0 Å². The van der Waals surface area contributed by atoms with Gasteiger partial charge in [0.25, 0.3) is 0 Å². The lowest BCUT2D eigenvalue weighted by Gasteiger charge is -2.19. The summed E-state index contributed by atoms with van der Waals surface area (Å²) in [6, 6.07) is 8.97. The molecule has 0 aliphatic heterocycles. The van der Waals surface area contributed by atoms with Gasteiger partial charge >= 0.3 is 0 Å². The number of hydrogen-bond donors (Lipinski definition) is 2. The monoisotopic (exact) mass is 431 g/mol. The van der Waals surface area contributed by atoms with Crippen molar-refractivity contribution in [1.82, 2.24) is 25.4 Å². The molecule has 0 unspecified atom stereocenters. The first-order chi connectivity index (χ1) is 15.4. The van der Waals surface area contributed by atoms with Crippen LogP contribution in [0.25, 0.3) is 22.2 Å². The van der Waals surface area contributed by atoms with E-state index in [-0.39, 0.29) is 5.69 Å². The average Bonchev–Trinajstić information content (AvgIpc) is 3.20. The van der Waals surface area contributed by atoms with E-state index >= 15 is 0 Å². The van der Waals surface area contributed by atoms with Gasteiger partial charge < -0.3 is 14.2 Å². The first-order valence-electron chi connectivity index (χ1n) is 9.68. The number of pyridine rings is 1. The summed E-state index contributed by atoms with van der Waals surface area (Å²) in [6.45, 7) is 3.73. The zero-order chi connectivity index (χ0) is 22.8. The molecule has 0 amide bonds. The van der Waals surface area contributed by atoms with Gasteiger partial charge in [-0.3, -0.25) is 10.8 Å². The topological polar surface area (TPSA) is 145 Å². The molecule has 0 radical (unpaired) electrons. The smallest absolute Gasteiger partial charge is 0.214 e. The lowest BCUT2D eigenvalue weighted by atomic mass is 10.1. The van der Waals surface area contributed by atoms with Crippen LogP contribution in [0.4, 0.5) is 0 Å². The van der Waals surface area contributed by atoms with Gasteiger partial charge in [0.15, 0.2) is 17.7 Å². The molecule has 0 aliphatic rings. The van der Waals surface area contributed by atoms with Crippen molar-refractivity contribution in [2.75, 3.05) is 14.2 Å². The van der Waals surface area contributed by atoms with E-state index < -0.39 is 6.23 Å². The van der Waals surface area contributed by atoms with Crippen molar-refractivity contribution in [3.8, 4) is 34.7 Å². The lowest BCUT2D eigenvalue weighted by molar-refractivity contribution is 0.202. The summed E-state index contributed by atoms with van der Waals surface area (Å²) in [4.78, 5) is 4.10. The Morgan fingerprint density at radius 1 is 1.09 bits per heavy atom. The Labute approximate surface area is 184 Å².